The number of methoxy groups -OCH3 is 1. The number of benzene rings is 2. The van der Waals surface area contributed by atoms with E-state index in [9.17, 15) is 4.79 Å². The van der Waals surface area contributed by atoms with Gasteiger partial charge in [0.1, 0.15) is 11.5 Å². The average molecular weight is 365 g/mol. The van der Waals surface area contributed by atoms with Crippen molar-refractivity contribution in [2.24, 2.45) is 0 Å². The van der Waals surface area contributed by atoms with E-state index in [1.807, 2.05) is 50.2 Å². The molecule has 0 radical (unpaired) electrons. The van der Waals surface area contributed by atoms with E-state index in [0.29, 0.717) is 13.2 Å². The second-order valence-corrected chi connectivity index (χ2v) is 5.67. The summed E-state index contributed by atoms with van der Waals surface area (Å²) in [5.74, 6) is 1.46. The summed E-state index contributed by atoms with van der Waals surface area (Å²) < 4.78 is 10.8. The number of nitrogens with one attached hydrogen (secondary N) is 2. The van der Waals surface area contributed by atoms with E-state index < -0.39 is 0 Å². The van der Waals surface area contributed by atoms with Crippen LogP contribution in [0.2, 0.25) is 0 Å². The molecule has 0 atom stereocenters. The van der Waals surface area contributed by atoms with Gasteiger partial charge in [-0.2, -0.15) is 0 Å². The lowest BCUT2D eigenvalue weighted by Crippen LogP contribution is -2.30. The van der Waals surface area contributed by atoms with Gasteiger partial charge in [-0.15, -0.1) is 12.4 Å². The smallest absolute Gasteiger partial charge is 0.238 e. The van der Waals surface area contributed by atoms with Crippen LogP contribution in [0.15, 0.2) is 42.5 Å². The summed E-state index contributed by atoms with van der Waals surface area (Å²) in [7, 11) is 1.63. The van der Waals surface area contributed by atoms with E-state index in [2.05, 4.69) is 16.7 Å². The van der Waals surface area contributed by atoms with Crippen molar-refractivity contribution < 1.29 is 14.3 Å². The van der Waals surface area contributed by atoms with Crippen LogP contribution in [0.25, 0.3) is 0 Å². The number of halogens is 1. The summed E-state index contributed by atoms with van der Waals surface area (Å²) >= 11 is 0. The van der Waals surface area contributed by atoms with Crippen LogP contribution in [0, 0.1) is 13.8 Å². The molecule has 0 aromatic heterocycles. The van der Waals surface area contributed by atoms with Gasteiger partial charge < -0.3 is 20.1 Å². The van der Waals surface area contributed by atoms with Gasteiger partial charge in [-0.05, 0) is 61.4 Å². The van der Waals surface area contributed by atoms with E-state index in [1.165, 1.54) is 0 Å². The molecule has 0 aliphatic heterocycles. The number of ether oxygens (including phenoxy) is 2. The normalized spacial score (nSPS) is 10.0. The van der Waals surface area contributed by atoms with Crippen LogP contribution in [0.5, 0.6) is 11.5 Å². The molecule has 0 aliphatic carbocycles. The van der Waals surface area contributed by atoms with Crippen LogP contribution in [0.4, 0.5) is 5.69 Å². The lowest BCUT2D eigenvalue weighted by atomic mass is 10.1. The number of aryl methyl sites for hydroxylation is 2. The van der Waals surface area contributed by atoms with Gasteiger partial charge in [-0.1, -0.05) is 6.07 Å². The quantitative estimate of drug-likeness (QED) is 0.701. The molecule has 0 aliphatic rings. The summed E-state index contributed by atoms with van der Waals surface area (Å²) in [6, 6.07) is 13.4. The maximum absolute atomic E-state index is 11.8. The fourth-order valence-electron chi connectivity index (χ4n) is 2.32. The topological polar surface area (TPSA) is 59.6 Å². The van der Waals surface area contributed by atoms with Gasteiger partial charge in [0.05, 0.1) is 13.2 Å². The molecule has 2 aromatic carbocycles. The first-order valence-corrected chi connectivity index (χ1v) is 7.92. The lowest BCUT2D eigenvalue weighted by molar-refractivity contribution is -0.115. The Labute approximate surface area is 155 Å². The average Bonchev–Trinajstić information content (AvgIpc) is 2.52. The molecule has 0 heterocycles. The molecule has 5 nitrogen and oxygen atoms in total. The Hall–Kier alpha value is -2.08. The monoisotopic (exact) mass is 364 g/mol. The Kier molecular flexibility index (Phi) is 8.99. The van der Waals surface area contributed by atoms with Crippen LogP contribution in [-0.2, 0) is 9.53 Å². The zero-order chi connectivity index (χ0) is 17.4. The number of hydrogen-bond donors (Lipinski definition) is 2. The van der Waals surface area contributed by atoms with Crippen LogP contribution in [0.1, 0.15) is 11.1 Å². The number of anilines is 1. The highest BCUT2D eigenvalue weighted by Gasteiger charge is 2.03. The SMILES string of the molecule is COCCNCC(=O)Nc1ccc(Oc2cc(C)cc(C)c2)cc1.Cl. The molecule has 0 spiro atoms. The number of rotatable bonds is 8. The summed E-state index contributed by atoms with van der Waals surface area (Å²) in [5, 5.41) is 5.83. The lowest BCUT2D eigenvalue weighted by Gasteiger charge is -2.10. The fraction of sp³-hybridized carbons (Fsp3) is 0.316. The summed E-state index contributed by atoms with van der Waals surface area (Å²) in [4.78, 5) is 11.8. The predicted octanol–water partition coefficient (Wildman–Crippen LogP) is 3.69. The molecular formula is C19H25ClN2O3. The molecule has 136 valence electrons. The van der Waals surface area contributed by atoms with Gasteiger partial charge >= 0.3 is 0 Å². The predicted molar refractivity (Wildman–Crippen MR) is 103 cm³/mol. The molecule has 0 unspecified atom stereocenters. The van der Waals surface area contributed by atoms with Gasteiger partial charge in [0.25, 0.3) is 0 Å². The largest absolute Gasteiger partial charge is 0.457 e. The van der Waals surface area contributed by atoms with Crippen molar-refractivity contribution in [2.45, 2.75) is 13.8 Å². The molecule has 0 fully saturated rings. The number of carbonyl (C=O) groups is 1. The van der Waals surface area contributed by atoms with E-state index in [4.69, 9.17) is 9.47 Å². The maximum atomic E-state index is 11.8. The number of hydrogen-bond acceptors (Lipinski definition) is 4. The first-order chi connectivity index (χ1) is 11.6. The van der Waals surface area contributed by atoms with Crippen LogP contribution in [0.3, 0.4) is 0 Å². The molecule has 1 amide bonds. The van der Waals surface area contributed by atoms with E-state index >= 15 is 0 Å². The third-order valence-corrected chi connectivity index (χ3v) is 3.34. The van der Waals surface area contributed by atoms with Gasteiger partial charge in [0.15, 0.2) is 0 Å². The van der Waals surface area contributed by atoms with Gasteiger partial charge in [0, 0.05) is 19.3 Å². The van der Waals surface area contributed by atoms with Gasteiger partial charge in [-0.25, -0.2) is 0 Å². The summed E-state index contributed by atoms with van der Waals surface area (Å²) in [6.07, 6.45) is 0. The minimum Gasteiger partial charge on any atom is -0.457 e. The third-order valence-electron chi connectivity index (χ3n) is 3.34. The Balaban J connectivity index is 0.00000312. The molecule has 25 heavy (non-hydrogen) atoms. The highest BCUT2D eigenvalue weighted by molar-refractivity contribution is 5.92. The van der Waals surface area contributed by atoms with Crippen molar-refractivity contribution >= 4 is 24.0 Å². The molecule has 0 saturated carbocycles. The van der Waals surface area contributed by atoms with Crippen molar-refractivity contribution in [1.82, 2.24) is 5.32 Å². The Bertz CT molecular complexity index is 655. The Morgan fingerprint density at radius 1 is 1.00 bits per heavy atom. The second-order valence-electron chi connectivity index (χ2n) is 5.67. The minimum atomic E-state index is -0.0888. The molecule has 2 rings (SSSR count). The molecule has 2 aromatic rings. The number of amides is 1. The highest BCUT2D eigenvalue weighted by Crippen LogP contribution is 2.24. The van der Waals surface area contributed by atoms with Crippen LogP contribution >= 0.6 is 12.4 Å². The molecule has 0 saturated heterocycles. The Morgan fingerprint density at radius 2 is 1.64 bits per heavy atom. The highest BCUT2D eigenvalue weighted by atomic mass is 35.5. The Morgan fingerprint density at radius 3 is 2.24 bits per heavy atom. The van der Waals surface area contributed by atoms with Crippen molar-refractivity contribution in [3.8, 4) is 11.5 Å². The van der Waals surface area contributed by atoms with Crippen molar-refractivity contribution in [2.75, 3.05) is 32.1 Å². The standard InChI is InChI=1S/C19H24N2O3.ClH/c1-14-10-15(2)12-18(11-14)24-17-6-4-16(5-7-17)21-19(22)13-20-8-9-23-3;/h4-7,10-12,20H,8-9,13H2,1-3H3,(H,21,22);1H. The second kappa shape index (κ2) is 10.7. The first-order valence-electron chi connectivity index (χ1n) is 7.92. The fourth-order valence-corrected chi connectivity index (χ4v) is 2.32. The van der Waals surface area contributed by atoms with Crippen molar-refractivity contribution in [3.63, 3.8) is 0 Å². The number of carbonyl (C=O) groups excluding carboxylic acids is 1. The zero-order valence-electron chi connectivity index (χ0n) is 14.8. The molecule has 6 heteroatoms. The van der Waals surface area contributed by atoms with Crippen molar-refractivity contribution in [3.05, 3.63) is 53.6 Å². The summed E-state index contributed by atoms with van der Waals surface area (Å²) in [5.41, 5.74) is 3.06. The van der Waals surface area contributed by atoms with Crippen molar-refractivity contribution in [1.29, 1.82) is 0 Å². The molecular weight excluding hydrogens is 340 g/mol. The van der Waals surface area contributed by atoms with E-state index in [1.54, 1.807) is 7.11 Å². The maximum Gasteiger partial charge on any atom is 0.238 e. The van der Waals surface area contributed by atoms with Crippen LogP contribution < -0.4 is 15.4 Å². The van der Waals surface area contributed by atoms with E-state index in [-0.39, 0.29) is 24.9 Å². The van der Waals surface area contributed by atoms with Gasteiger partial charge in [0.2, 0.25) is 5.91 Å². The zero-order valence-corrected chi connectivity index (χ0v) is 15.6. The molecule has 2 N–H and O–H groups in total. The third kappa shape index (κ3) is 7.56. The van der Waals surface area contributed by atoms with Gasteiger partial charge in [-0.3, -0.25) is 4.79 Å². The summed E-state index contributed by atoms with van der Waals surface area (Å²) in [6.45, 7) is 5.56. The van der Waals surface area contributed by atoms with Crippen LogP contribution in [-0.4, -0.2) is 32.7 Å². The minimum absolute atomic E-state index is 0. The molecule has 0 bridgehead atoms. The van der Waals surface area contributed by atoms with E-state index in [0.717, 1.165) is 28.3 Å². The first kappa shape index (κ1) is 21.0.